The molecule has 164 valence electrons. The first-order valence-corrected chi connectivity index (χ1v) is 10.9. The summed E-state index contributed by atoms with van der Waals surface area (Å²) in [4.78, 5) is 17.5. The van der Waals surface area contributed by atoms with Crippen LogP contribution in [0.5, 0.6) is 17.2 Å². The predicted octanol–water partition coefficient (Wildman–Crippen LogP) is 4.29. The van der Waals surface area contributed by atoms with Crippen LogP contribution in [0.4, 0.5) is 5.82 Å². The number of rotatable bonds is 5. The van der Waals surface area contributed by atoms with Crippen LogP contribution in [0.2, 0.25) is 0 Å². The lowest BCUT2D eigenvalue weighted by molar-refractivity contribution is -0.116. The summed E-state index contributed by atoms with van der Waals surface area (Å²) in [6, 6.07) is 11.5. The summed E-state index contributed by atoms with van der Waals surface area (Å²) in [5, 5.41) is 8.44. The summed E-state index contributed by atoms with van der Waals surface area (Å²) in [5.74, 6) is 2.36. The maximum atomic E-state index is 12.8. The van der Waals surface area contributed by atoms with E-state index in [4.69, 9.17) is 24.3 Å². The van der Waals surface area contributed by atoms with E-state index in [2.05, 4.69) is 5.32 Å². The van der Waals surface area contributed by atoms with Crippen LogP contribution in [0, 0.1) is 6.92 Å². The van der Waals surface area contributed by atoms with Crippen molar-refractivity contribution in [2.75, 3.05) is 26.6 Å². The predicted molar refractivity (Wildman–Crippen MR) is 123 cm³/mol. The number of para-hydroxylation sites is 1. The number of hydrogen-bond donors (Lipinski definition) is 1. The van der Waals surface area contributed by atoms with Crippen LogP contribution in [0.3, 0.4) is 0 Å². The molecule has 0 bridgehead atoms. The Balaban J connectivity index is 1.67. The van der Waals surface area contributed by atoms with E-state index in [1.165, 1.54) is 11.3 Å². The van der Waals surface area contributed by atoms with Crippen molar-refractivity contribution in [3.05, 3.63) is 53.2 Å². The van der Waals surface area contributed by atoms with E-state index in [-0.39, 0.29) is 11.8 Å². The van der Waals surface area contributed by atoms with Gasteiger partial charge in [-0.15, -0.1) is 0 Å². The van der Waals surface area contributed by atoms with E-state index in [1.54, 1.807) is 26.0 Å². The number of carbonyl (C=O) groups is 1. The number of benzene rings is 2. The quantitative estimate of drug-likeness (QED) is 0.488. The highest BCUT2D eigenvalue weighted by Crippen LogP contribution is 2.46. The fourth-order valence-electron chi connectivity index (χ4n) is 4.25. The summed E-state index contributed by atoms with van der Waals surface area (Å²) < 4.78 is 19.2. The molecule has 1 aliphatic rings. The normalized spacial score (nSPS) is 15.4. The number of thiazole rings is 1. The average Bonchev–Trinajstić information content (AvgIpc) is 3.37. The summed E-state index contributed by atoms with van der Waals surface area (Å²) in [7, 11) is 4.85. The van der Waals surface area contributed by atoms with Gasteiger partial charge in [-0.3, -0.25) is 4.79 Å². The van der Waals surface area contributed by atoms with E-state index in [0.717, 1.165) is 32.8 Å². The second-order valence-corrected chi connectivity index (χ2v) is 8.49. The van der Waals surface area contributed by atoms with Crippen molar-refractivity contribution in [2.45, 2.75) is 19.3 Å². The average molecular weight is 451 g/mol. The molecule has 0 saturated carbocycles. The zero-order chi connectivity index (χ0) is 22.4. The van der Waals surface area contributed by atoms with Crippen molar-refractivity contribution in [3.63, 3.8) is 0 Å². The first-order valence-electron chi connectivity index (χ1n) is 10.1. The molecule has 1 atom stereocenters. The molecule has 0 fully saturated rings. The number of anilines is 1. The minimum absolute atomic E-state index is 0.0868. The lowest BCUT2D eigenvalue weighted by Gasteiger charge is -2.26. The molecular formula is C23H22N4O4S. The van der Waals surface area contributed by atoms with Crippen LogP contribution < -0.4 is 19.5 Å². The Morgan fingerprint density at radius 2 is 1.97 bits per heavy atom. The molecule has 1 amide bonds. The lowest BCUT2D eigenvalue weighted by atomic mass is 9.85. The third-order valence-electron chi connectivity index (χ3n) is 5.68. The zero-order valence-electron chi connectivity index (χ0n) is 18.1. The van der Waals surface area contributed by atoms with Gasteiger partial charge in [0.05, 0.1) is 37.2 Å². The third kappa shape index (κ3) is 3.16. The van der Waals surface area contributed by atoms with E-state index in [1.807, 2.05) is 43.3 Å². The third-order valence-corrected chi connectivity index (χ3v) is 6.67. The van der Waals surface area contributed by atoms with E-state index >= 15 is 0 Å². The van der Waals surface area contributed by atoms with Gasteiger partial charge >= 0.3 is 0 Å². The van der Waals surface area contributed by atoms with Gasteiger partial charge in [-0.2, -0.15) is 9.78 Å². The maximum Gasteiger partial charge on any atom is 0.226 e. The minimum Gasteiger partial charge on any atom is -0.497 e. The molecule has 2 aromatic heterocycles. The Morgan fingerprint density at radius 1 is 1.12 bits per heavy atom. The first kappa shape index (κ1) is 20.3. The van der Waals surface area contributed by atoms with Crippen molar-refractivity contribution in [1.82, 2.24) is 14.8 Å². The molecule has 3 heterocycles. The number of carbonyl (C=O) groups excluding carboxylic acids is 1. The molecule has 1 aliphatic heterocycles. The summed E-state index contributed by atoms with van der Waals surface area (Å²) in [6.45, 7) is 1.95. The van der Waals surface area contributed by atoms with Crippen molar-refractivity contribution >= 4 is 33.3 Å². The number of aromatic nitrogens is 3. The molecule has 2 aromatic carbocycles. The van der Waals surface area contributed by atoms with Crippen LogP contribution in [0.1, 0.15) is 29.2 Å². The molecule has 32 heavy (non-hydrogen) atoms. The molecule has 0 aliphatic carbocycles. The van der Waals surface area contributed by atoms with Gasteiger partial charge in [0.2, 0.25) is 11.0 Å². The first-order chi connectivity index (χ1) is 15.5. The van der Waals surface area contributed by atoms with Gasteiger partial charge in [-0.25, -0.2) is 4.98 Å². The standard InChI is InChI=1S/C23H22N4O4S/c1-12-20-15(14-6-5-7-17(30-3)21(14)31-4)11-19(28)25-22(20)27(26-12)23-24-16-9-8-13(29-2)10-18(16)32-23/h5-10,15H,11H2,1-4H3,(H,25,28)/t15-/m1/s1. The molecule has 0 spiro atoms. The molecule has 9 heteroatoms. The second kappa shape index (κ2) is 7.83. The Hall–Kier alpha value is -3.59. The number of ether oxygens (including phenoxy) is 3. The van der Waals surface area contributed by atoms with Gasteiger partial charge in [0, 0.05) is 23.5 Å². The van der Waals surface area contributed by atoms with Gasteiger partial charge in [-0.1, -0.05) is 23.5 Å². The smallest absolute Gasteiger partial charge is 0.226 e. The number of methoxy groups -OCH3 is 3. The molecule has 4 aromatic rings. The van der Waals surface area contributed by atoms with Crippen LogP contribution in [0.15, 0.2) is 36.4 Å². The Kier molecular flexibility index (Phi) is 4.97. The van der Waals surface area contributed by atoms with Gasteiger partial charge in [-0.05, 0) is 31.2 Å². The van der Waals surface area contributed by atoms with E-state index < -0.39 is 0 Å². The van der Waals surface area contributed by atoms with Crippen molar-refractivity contribution in [3.8, 4) is 22.4 Å². The van der Waals surface area contributed by atoms with Gasteiger partial charge < -0.3 is 19.5 Å². The number of nitrogens with zero attached hydrogens (tertiary/aromatic N) is 3. The van der Waals surface area contributed by atoms with Gasteiger partial charge in [0.1, 0.15) is 11.6 Å². The molecule has 5 rings (SSSR count). The summed E-state index contributed by atoms with van der Waals surface area (Å²) in [6.07, 6.45) is 0.292. The van der Waals surface area contributed by atoms with E-state index in [9.17, 15) is 4.79 Å². The maximum absolute atomic E-state index is 12.8. The van der Waals surface area contributed by atoms with Crippen LogP contribution >= 0.6 is 11.3 Å². The minimum atomic E-state index is -0.216. The van der Waals surface area contributed by atoms with Crippen LogP contribution in [-0.2, 0) is 4.79 Å². The highest BCUT2D eigenvalue weighted by atomic mass is 32.1. The number of hydrogen-bond acceptors (Lipinski definition) is 7. The fraction of sp³-hybridized carbons (Fsp3) is 0.261. The van der Waals surface area contributed by atoms with Crippen molar-refractivity contribution < 1.29 is 19.0 Å². The summed E-state index contributed by atoms with van der Waals surface area (Å²) >= 11 is 1.49. The Morgan fingerprint density at radius 3 is 2.72 bits per heavy atom. The van der Waals surface area contributed by atoms with Crippen molar-refractivity contribution in [2.24, 2.45) is 0 Å². The highest BCUT2D eigenvalue weighted by Gasteiger charge is 2.35. The number of aryl methyl sites for hydroxylation is 1. The fourth-order valence-corrected chi connectivity index (χ4v) is 5.20. The molecule has 0 unspecified atom stereocenters. The van der Waals surface area contributed by atoms with E-state index in [0.29, 0.717) is 28.9 Å². The Bertz CT molecular complexity index is 1340. The molecule has 8 nitrogen and oxygen atoms in total. The zero-order valence-corrected chi connectivity index (χ0v) is 18.9. The van der Waals surface area contributed by atoms with Gasteiger partial charge in [0.25, 0.3) is 0 Å². The molecule has 0 radical (unpaired) electrons. The van der Waals surface area contributed by atoms with Crippen LogP contribution in [-0.4, -0.2) is 42.0 Å². The topological polar surface area (TPSA) is 87.5 Å². The molecule has 1 N–H and O–H groups in total. The number of fused-ring (bicyclic) bond motifs is 2. The van der Waals surface area contributed by atoms with Gasteiger partial charge in [0.15, 0.2) is 11.5 Å². The molecule has 0 saturated heterocycles. The SMILES string of the molecule is COc1ccc2nc(-n3nc(C)c4c3NC(=O)C[C@@H]4c3cccc(OC)c3OC)sc2c1. The van der Waals surface area contributed by atoms with Crippen LogP contribution in [0.25, 0.3) is 15.3 Å². The summed E-state index contributed by atoms with van der Waals surface area (Å²) in [5.41, 5.74) is 3.51. The lowest BCUT2D eigenvalue weighted by Crippen LogP contribution is -2.25. The second-order valence-electron chi connectivity index (χ2n) is 7.48. The monoisotopic (exact) mass is 450 g/mol. The molecular weight excluding hydrogens is 428 g/mol. The number of amides is 1. The number of nitrogens with one attached hydrogen (secondary N) is 1. The van der Waals surface area contributed by atoms with Crippen molar-refractivity contribution in [1.29, 1.82) is 0 Å². The largest absolute Gasteiger partial charge is 0.497 e. The highest BCUT2D eigenvalue weighted by molar-refractivity contribution is 7.20. The Labute approximate surface area is 188 Å².